The quantitative estimate of drug-likeness (QED) is 0.613. The van der Waals surface area contributed by atoms with Crippen LogP contribution in [0.25, 0.3) is 11.1 Å². The zero-order chi connectivity index (χ0) is 17.2. The zero-order valence-corrected chi connectivity index (χ0v) is 13.9. The number of hydrogen-bond donors (Lipinski definition) is 3. The number of aromatic amines is 1. The number of rotatable bonds is 3. The summed E-state index contributed by atoms with van der Waals surface area (Å²) in [6.07, 6.45) is 4.90. The lowest BCUT2D eigenvalue weighted by molar-refractivity contribution is 0.687. The van der Waals surface area contributed by atoms with E-state index in [9.17, 15) is 0 Å². The predicted molar refractivity (Wildman–Crippen MR) is 100 cm³/mol. The summed E-state index contributed by atoms with van der Waals surface area (Å²) in [5.74, 6) is 0.558. The average molecular weight is 332 g/mol. The number of nitrogens with two attached hydrogens (primary N) is 2. The van der Waals surface area contributed by atoms with Gasteiger partial charge in [-0.15, -0.1) is 5.11 Å². The largest absolute Gasteiger partial charge is 0.382 e. The van der Waals surface area contributed by atoms with Gasteiger partial charge in [-0.25, -0.2) is 0 Å². The molecule has 5 N–H and O–H groups in total. The molecule has 1 aliphatic carbocycles. The number of benzene rings is 2. The Morgan fingerprint density at radius 3 is 2.48 bits per heavy atom. The molecule has 0 bridgehead atoms. The van der Waals surface area contributed by atoms with E-state index in [2.05, 4.69) is 50.8 Å². The number of anilines is 2. The third-order valence-electron chi connectivity index (χ3n) is 4.63. The Labute approximate surface area is 146 Å². The van der Waals surface area contributed by atoms with E-state index in [0.29, 0.717) is 11.5 Å². The molecule has 0 unspecified atom stereocenters. The summed E-state index contributed by atoms with van der Waals surface area (Å²) >= 11 is 0. The maximum absolute atomic E-state index is 5.72. The minimum Gasteiger partial charge on any atom is -0.382 e. The second-order valence-corrected chi connectivity index (χ2v) is 6.27. The summed E-state index contributed by atoms with van der Waals surface area (Å²) in [7, 11) is 0. The van der Waals surface area contributed by atoms with Gasteiger partial charge in [0.25, 0.3) is 0 Å². The Kier molecular flexibility index (Phi) is 3.93. The van der Waals surface area contributed by atoms with Crippen molar-refractivity contribution in [1.82, 2.24) is 10.2 Å². The first-order valence-electron chi connectivity index (χ1n) is 8.44. The van der Waals surface area contributed by atoms with E-state index < -0.39 is 0 Å². The number of nitrogens with one attached hydrogen (secondary N) is 1. The number of aryl methyl sites for hydroxylation is 1. The minimum absolute atomic E-state index is 0.244. The molecule has 3 aromatic rings. The van der Waals surface area contributed by atoms with Crippen LogP contribution in [0.2, 0.25) is 0 Å². The topological polar surface area (TPSA) is 105 Å². The fraction of sp³-hybridized carbons (Fsp3) is 0.211. The van der Waals surface area contributed by atoms with Crippen molar-refractivity contribution in [2.45, 2.75) is 25.7 Å². The van der Waals surface area contributed by atoms with Gasteiger partial charge in [-0.3, -0.25) is 5.10 Å². The molecule has 1 aliphatic rings. The number of nitrogens with zero attached hydrogens (tertiary/aromatic N) is 3. The lowest BCUT2D eigenvalue weighted by Gasteiger charge is -2.19. The molecule has 1 heterocycles. The third-order valence-corrected chi connectivity index (χ3v) is 4.63. The smallest absolute Gasteiger partial charge is 0.175 e. The van der Waals surface area contributed by atoms with E-state index >= 15 is 0 Å². The molecule has 1 aromatic heterocycles. The van der Waals surface area contributed by atoms with Gasteiger partial charge in [-0.2, -0.15) is 10.2 Å². The summed E-state index contributed by atoms with van der Waals surface area (Å²) in [4.78, 5) is 0. The predicted octanol–water partition coefficient (Wildman–Crippen LogP) is 4.54. The Hall–Kier alpha value is -3.15. The first-order valence-corrected chi connectivity index (χ1v) is 8.44. The van der Waals surface area contributed by atoms with Crippen LogP contribution in [0.4, 0.5) is 23.0 Å². The van der Waals surface area contributed by atoms with Crippen LogP contribution in [0.5, 0.6) is 0 Å². The number of nitrogen functional groups attached to an aromatic ring is 2. The molecule has 2 aromatic carbocycles. The van der Waals surface area contributed by atoms with Gasteiger partial charge >= 0.3 is 0 Å². The first kappa shape index (κ1) is 15.4. The summed E-state index contributed by atoms with van der Waals surface area (Å²) < 4.78 is 0. The molecule has 0 radical (unpaired) electrons. The molecule has 0 amide bonds. The normalized spacial score (nSPS) is 13.9. The monoisotopic (exact) mass is 332 g/mol. The molecule has 4 rings (SSSR count). The van der Waals surface area contributed by atoms with Crippen molar-refractivity contribution in [1.29, 1.82) is 0 Å². The first-order chi connectivity index (χ1) is 12.2. The summed E-state index contributed by atoms with van der Waals surface area (Å²) in [5, 5.41) is 14.7. The van der Waals surface area contributed by atoms with Gasteiger partial charge in [-0.1, -0.05) is 30.3 Å². The number of azo groups is 1. The van der Waals surface area contributed by atoms with Crippen molar-refractivity contribution < 1.29 is 0 Å². The molecule has 0 spiro atoms. The lowest BCUT2D eigenvalue weighted by Crippen LogP contribution is -2.04. The van der Waals surface area contributed by atoms with Crippen LogP contribution in [0, 0.1) is 0 Å². The number of fused-ring (bicyclic) bond motifs is 1. The molecule has 0 fully saturated rings. The zero-order valence-electron chi connectivity index (χ0n) is 13.9. The minimum atomic E-state index is 0.244. The van der Waals surface area contributed by atoms with E-state index in [0.717, 1.165) is 12.1 Å². The summed E-state index contributed by atoms with van der Waals surface area (Å²) in [6.45, 7) is 0. The van der Waals surface area contributed by atoms with Crippen LogP contribution in [0.15, 0.2) is 52.7 Å². The Morgan fingerprint density at radius 2 is 1.72 bits per heavy atom. The molecule has 6 nitrogen and oxygen atoms in total. The maximum atomic E-state index is 5.72. The third kappa shape index (κ3) is 2.98. The van der Waals surface area contributed by atoms with Crippen molar-refractivity contribution >= 4 is 23.0 Å². The van der Waals surface area contributed by atoms with Gasteiger partial charge in [0.2, 0.25) is 0 Å². The highest BCUT2D eigenvalue weighted by Crippen LogP contribution is 2.33. The highest BCUT2D eigenvalue weighted by molar-refractivity contribution is 5.71. The average Bonchev–Trinajstić information content (AvgIpc) is 2.98. The molecule has 25 heavy (non-hydrogen) atoms. The van der Waals surface area contributed by atoms with Crippen molar-refractivity contribution in [2.24, 2.45) is 10.2 Å². The fourth-order valence-electron chi connectivity index (χ4n) is 3.34. The molecule has 0 saturated heterocycles. The number of H-pyrrole nitrogens is 1. The SMILES string of the molecule is Nc1n[nH]c(N)c1N=Nc1ccc(-c2cccc3c2CCCC3)cc1. The molecular weight excluding hydrogens is 312 g/mol. The van der Waals surface area contributed by atoms with Gasteiger partial charge in [0, 0.05) is 0 Å². The van der Waals surface area contributed by atoms with E-state index in [1.165, 1.54) is 41.5 Å². The maximum Gasteiger partial charge on any atom is 0.175 e. The Balaban J connectivity index is 1.61. The van der Waals surface area contributed by atoms with Gasteiger partial charge in [0.05, 0.1) is 5.69 Å². The molecule has 126 valence electrons. The van der Waals surface area contributed by atoms with Gasteiger partial charge in [0.1, 0.15) is 5.82 Å². The van der Waals surface area contributed by atoms with E-state index in [1.807, 2.05) is 12.1 Å². The lowest BCUT2D eigenvalue weighted by atomic mass is 9.86. The highest BCUT2D eigenvalue weighted by Gasteiger charge is 2.13. The van der Waals surface area contributed by atoms with Crippen LogP contribution in [-0.2, 0) is 12.8 Å². The van der Waals surface area contributed by atoms with Crippen molar-refractivity contribution in [3.63, 3.8) is 0 Å². The van der Waals surface area contributed by atoms with Gasteiger partial charge in [-0.05, 0) is 60.1 Å². The van der Waals surface area contributed by atoms with Gasteiger partial charge in [0.15, 0.2) is 11.5 Å². The molecule has 6 heteroatoms. The van der Waals surface area contributed by atoms with Gasteiger partial charge < -0.3 is 11.5 Å². The Morgan fingerprint density at radius 1 is 0.920 bits per heavy atom. The Bertz CT molecular complexity index is 904. The van der Waals surface area contributed by atoms with Crippen LogP contribution < -0.4 is 11.5 Å². The van der Waals surface area contributed by atoms with Crippen LogP contribution in [0.1, 0.15) is 24.0 Å². The van der Waals surface area contributed by atoms with E-state index in [-0.39, 0.29) is 5.82 Å². The fourth-order valence-corrected chi connectivity index (χ4v) is 3.34. The second-order valence-electron chi connectivity index (χ2n) is 6.27. The van der Waals surface area contributed by atoms with Crippen LogP contribution >= 0.6 is 0 Å². The number of hydrogen-bond acceptors (Lipinski definition) is 5. The van der Waals surface area contributed by atoms with Crippen molar-refractivity contribution in [3.8, 4) is 11.1 Å². The number of aromatic nitrogens is 2. The second kappa shape index (κ2) is 6.39. The highest BCUT2D eigenvalue weighted by atomic mass is 15.2. The molecule has 0 atom stereocenters. The van der Waals surface area contributed by atoms with Crippen LogP contribution in [0.3, 0.4) is 0 Å². The molecule has 0 aliphatic heterocycles. The van der Waals surface area contributed by atoms with Crippen LogP contribution in [-0.4, -0.2) is 10.2 Å². The summed E-state index contributed by atoms with van der Waals surface area (Å²) in [6, 6.07) is 14.7. The van der Waals surface area contributed by atoms with E-state index in [1.54, 1.807) is 0 Å². The van der Waals surface area contributed by atoms with Crippen molar-refractivity contribution in [2.75, 3.05) is 11.5 Å². The molecule has 0 saturated carbocycles. The molecular formula is C19H20N6. The standard InChI is InChI=1S/C19H20N6/c20-18-17(19(21)25-24-18)23-22-14-10-8-13(9-11-14)16-7-3-5-12-4-1-2-6-15(12)16/h3,5,7-11H,1-2,4,6H2,(H5,20,21,24,25). The summed E-state index contributed by atoms with van der Waals surface area (Å²) in [5.41, 5.74) is 18.0. The van der Waals surface area contributed by atoms with Crippen molar-refractivity contribution in [3.05, 3.63) is 53.6 Å². The van der Waals surface area contributed by atoms with E-state index in [4.69, 9.17) is 11.5 Å².